The second kappa shape index (κ2) is 7.36. The lowest BCUT2D eigenvalue weighted by Crippen LogP contribution is -2.33. The first-order chi connectivity index (χ1) is 9.65. The molecular formula is C15H23N3O2. The molecule has 0 spiro atoms. The van der Waals surface area contributed by atoms with Gasteiger partial charge < -0.3 is 15.8 Å². The van der Waals surface area contributed by atoms with Crippen molar-refractivity contribution in [2.24, 2.45) is 5.73 Å². The second-order valence-corrected chi connectivity index (χ2v) is 5.41. The van der Waals surface area contributed by atoms with Crippen LogP contribution in [0.4, 0.5) is 0 Å². The van der Waals surface area contributed by atoms with Gasteiger partial charge in [0, 0.05) is 25.0 Å². The van der Waals surface area contributed by atoms with Crippen molar-refractivity contribution in [2.45, 2.75) is 44.8 Å². The molecule has 1 fully saturated rings. The first kappa shape index (κ1) is 14.9. The van der Waals surface area contributed by atoms with Crippen LogP contribution in [0.1, 0.15) is 41.6 Å². The molecule has 1 heterocycles. The van der Waals surface area contributed by atoms with Crippen molar-refractivity contribution < 1.29 is 9.53 Å². The number of pyridine rings is 1. The van der Waals surface area contributed by atoms with Gasteiger partial charge in [-0.25, -0.2) is 0 Å². The number of rotatable bonds is 5. The summed E-state index contributed by atoms with van der Waals surface area (Å²) in [6, 6.07) is 2.16. The van der Waals surface area contributed by atoms with Gasteiger partial charge in [-0.2, -0.15) is 0 Å². The quantitative estimate of drug-likeness (QED) is 0.798. The fourth-order valence-corrected chi connectivity index (χ4v) is 2.43. The first-order valence-corrected chi connectivity index (χ1v) is 7.22. The van der Waals surface area contributed by atoms with Crippen molar-refractivity contribution in [3.05, 3.63) is 29.6 Å². The molecule has 0 aliphatic heterocycles. The van der Waals surface area contributed by atoms with Crippen molar-refractivity contribution >= 4 is 5.91 Å². The van der Waals surface area contributed by atoms with Gasteiger partial charge in [-0.3, -0.25) is 9.78 Å². The Labute approximate surface area is 119 Å². The summed E-state index contributed by atoms with van der Waals surface area (Å²) in [6.45, 7) is 2.99. The van der Waals surface area contributed by atoms with E-state index in [-0.39, 0.29) is 5.91 Å². The molecule has 110 valence electrons. The highest BCUT2D eigenvalue weighted by Gasteiger charge is 2.18. The molecular weight excluding hydrogens is 254 g/mol. The molecule has 1 aliphatic carbocycles. The average Bonchev–Trinajstić information content (AvgIpc) is 2.45. The molecule has 5 nitrogen and oxygen atoms in total. The maximum atomic E-state index is 11.9. The van der Waals surface area contributed by atoms with E-state index in [1.165, 1.54) is 0 Å². The lowest BCUT2D eigenvalue weighted by molar-refractivity contribution is 0.0267. The largest absolute Gasteiger partial charge is 0.376 e. The molecule has 0 unspecified atom stereocenters. The van der Waals surface area contributed by atoms with Crippen LogP contribution in [0.25, 0.3) is 0 Å². The summed E-state index contributed by atoms with van der Waals surface area (Å²) in [6.07, 6.45) is 7.72. The number of hydrogen-bond donors (Lipinski definition) is 2. The van der Waals surface area contributed by atoms with Gasteiger partial charge in [0.25, 0.3) is 5.91 Å². The van der Waals surface area contributed by atoms with E-state index in [1.54, 1.807) is 12.4 Å². The van der Waals surface area contributed by atoms with Crippen LogP contribution in [0.3, 0.4) is 0 Å². The van der Waals surface area contributed by atoms with Gasteiger partial charge in [0.15, 0.2) is 0 Å². The van der Waals surface area contributed by atoms with Gasteiger partial charge >= 0.3 is 0 Å². The third-order valence-corrected chi connectivity index (χ3v) is 3.60. The SMILES string of the molecule is Cc1cncc(C(=O)NCCOC2CCC(N)CC2)c1. The highest BCUT2D eigenvalue weighted by Crippen LogP contribution is 2.19. The molecule has 2 rings (SSSR count). The maximum Gasteiger partial charge on any atom is 0.252 e. The summed E-state index contributed by atoms with van der Waals surface area (Å²) in [7, 11) is 0. The minimum atomic E-state index is -0.101. The molecule has 0 atom stereocenters. The van der Waals surface area contributed by atoms with Gasteiger partial charge in [-0.1, -0.05) is 0 Å². The number of aryl methyl sites for hydroxylation is 1. The molecule has 0 saturated heterocycles. The Bertz CT molecular complexity index is 442. The highest BCUT2D eigenvalue weighted by atomic mass is 16.5. The van der Waals surface area contributed by atoms with E-state index < -0.39 is 0 Å². The molecule has 5 heteroatoms. The number of aromatic nitrogens is 1. The zero-order valence-corrected chi connectivity index (χ0v) is 12.0. The minimum absolute atomic E-state index is 0.101. The summed E-state index contributed by atoms with van der Waals surface area (Å²) >= 11 is 0. The van der Waals surface area contributed by atoms with Crippen LogP contribution < -0.4 is 11.1 Å². The maximum absolute atomic E-state index is 11.9. The van der Waals surface area contributed by atoms with Crippen LogP contribution in [0.15, 0.2) is 18.5 Å². The van der Waals surface area contributed by atoms with Crippen LogP contribution in [-0.2, 0) is 4.74 Å². The summed E-state index contributed by atoms with van der Waals surface area (Å²) in [5.41, 5.74) is 7.42. The Kier molecular flexibility index (Phi) is 5.49. The summed E-state index contributed by atoms with van der Waals surface area (Å²) in [5, 5.41) is 2.85. The van der Waals surface area contributed by atoms with E-state index in [1.807, 2.05) is 13.0 Å². The molecule has 1 amide bonds. The summed E-state index contributed by atoms with van der Waals surface area (Å²) < 4.78 is 5.76. The molecule has 1 aromatic heterocycles. The number of hydrogen-bond acceptors (Lipinski definition) is 4. The zero-order valence-electron chi connectivity index (χ0n) is 12.0. The fourth-order valence-electron chi connectivity index (χ4n) is 2.43. The van der Waals surface area contributed by atoms with Gasteiger partial charge in [-0.05, 0) is 44.2 Å². The van der Waals surface area contributed by atoms with Crippen LogP contribution in [0.2, 0.25) is 0 Å². The second-order valence-electron chi connectivity index (χ2n) is 5.41. The minimum Gasteiger partial charge on any atom is -0.376 e. The molecule has 0 radical (unpaired) electrons. The third-order valence-electron chi connectivity index (χ3n) is 3.60. The molecule has 1 aliphatic rings. The lowest BCUT2D eigenvalue weighted by atomic mass is 9.94. The van der Waals surface area contributed by atoms with Gasteiger partial charge in [-0.15, -0.1) is 0 Å². The van der Waals surface area contributed by atoms with Crippen LogP contribution in [0.5, 0.6) is 0 Å². The Morgan fingerprint density at radius 3 is 2.85 bits per heavy atom. The van der Waals surface area contributed by atoms with Gasteiger partial charge in [0.1, 0.15) is 0 Å². The van der Waals surface area contributed by atoms with E-state index in [9.17, 15) is 4.79 Å². The van der Waals surface area contributed by atoms with Crippen LogP contribution in [0, 0.1) is 6.92 Å². The third kappa shape index (κ3) is 4.58. The molecule has 20 heavy (non-hydrogen) atoms. The predicted molar refractivity (Wildman–Crippen MR) is 77.5 cm³/mol. The number of carbonyl (C=O) groups is 1. The topological polar surface area (TPSA) is 77.2 Å². The van der Waals surface area contributed by atoms with Crippen LogP contribution in [-0.4, -0.2) is 36.2 Å². The molecule has 0 aromatic carbocycles. The smallest absolute Gasteiger partial charge is 0.252 e. The predicted octanol–water partition coefficient (Wildman–Crippen LogP) is 1.41. The van der Waals surface area contributed by atoms with Crippen LogP contribution >= 0.6 is 0 Å². The Morgan fingerprint density at radius 2 is 2.15 bits per heavy atom. The van der Waals surface area contributed by atoms with Crippen molar-refractivity contribution in [1.29, 1.82) is 0 Å². The van der Waals surface area contributed by atoms with E-state index in [4.69, 9.17) is 10.5 Å². The number of nitrogens with two attached hydrogens (primary N) is 1. The zero-order chi connectivity index (χ0) is 14.4. The number of ether oxygens (including phenoxy) is 1. The summed E-state index contributed by atoms with van der Waals surface area (Å²) in [4.78, 5) is 15.9. The van der Waals surface area contributed by atoms with Crippen molar-refractivity contribution in [1.82, 2.24) is 10.3 Å². The van der Waals surface area contributed by atoms with E-state index in [2.05, 4.69) is 10.3 Å². The Hall–Kier alpha value is -1.46. The van der Waals surface area contributed by atoms with Crippen molar-refractivity contribution in [3.63, 3.8) is 0 Å². The molecule has 3 N–H and O–H groups in total. The molecule has 1 aromatic rings. The van der Waals surface area contributed by atoms with E-state index in [0.29, 0.717) is 30.9 Å². The van der Waals surface area contributed by atoms with Crippen molar-refractivity contribution in [3.8, 4) is 0 Å². The summed E-state index contributed by atoms with van der Waals surface area (Å²) in [5.74, 6) is -0.101. The number of nitrogens with zero attached hydrogens (tertiary/aromatic N) is 1. The van der Waals surface area contributed by atoms with E-state index >= 15 is 0 Å². The Morgan fingerprint density at radius 1 is 1.40 bits per heavy atom. The van der Waals surface area contributed by atoms with Gasteiger partial charge in [0.05, 0.1) is 18.3 Å². The van der Waals surface area contributed by atoms with E-state index in [0.717, 1.165) is 31.2 Å². The lowest BCUT2D eigenvalue weighted by Gasteiger charge is -2.26. The average molecular weight is 277 g/mol. The Balaban J connectivity index is 1.64. The molecule has 1 saturated carbocycles. The standard InChI is InChI=1S/C15H23N3O2/c1-11-8-12(10-17-9-11)15(19)18-6-7-20-14-4-2-13(16)3-5-14/h8-10,13-14H,2-7,16H2,1H3,(H,18,19). The fraction of sp³-hybridized carbons (Fsp3) is 0.600. The molecule has 0 bridgehead atoms. The monoisotopic (exact) mass is 277 g/mol. The first-order valence-electron chi connectivity index (χ1n) is 7.22. The highest BCUT2D eigenvalue weighted by molar-refractivity contribution is 5.93. The number of carbonyl (C=O) groups excluding carboxylic acids is 1. The normalized spacial score (nSPS) is 22.5. The van der Waals surface area contributed by atoms with Crippen molar-refractivity contribution in [2.75, 3.05) is 13.2 Å². The van der Waals surface area contributed by atoms with Gasteiger partial charge in [0.2, 0.25) is 0 Å². The number of nitrogens with one attached hydrogen (secondary N) is 1. The number of amides is 1.